The van der Waals surface area contributed by atoms with Crippen LogP contribution in [0.15, 0.2) is 212 Å². The monoisotopic (exact) mass is 793 g/mol. The molecule has 0 aliphatic heterocycles. The standard InChI is InChI=1S/C61H47N/c1-59(2)49-24-10-8-20-47(49)57-45(22-16-30-55(57)59)40-32-36-43(37-33-40)62(42-18-6-5-7-19-42)44-38-34-41(35-39-44)46-23-17-31-56-58(46)48-21-9-11-25-50(48)61(56)53-28-14-12-26-51(53)60(3,4)52-27-13-15-29-54(52)61/h5-39H,1-4H3. The van der Waals surface area contributed by atoms with Crippen LogP contribution in [0.1, 0.15) is 72.2 Å². The highest BCUT2D eigenvalue weighted by Crippen LogP contribution is 2.63. The lowest BCUT2D eigenvalue weighted by atomic mass is 9.55. The molecule has 296 valence electrons. The molecule has 3 aliphatic carbocycles. The Hall–Kier alpha value is -7.22. The zero-order chi connectivity index (χ0) is 41.8. The highest BCUT2D eigenvalue weighted by Gasteiger charge is 2.53. The summed E-state index contributed by atoms with van der Waals surface area (Å²) >= 11 is 0. The molecule has 0 unspecified atom stereocenters. The van der Waals surface area contributed by atoms with E-state index in [0.29, 0.717) is 0 Å². The molecule has 3 aliphatic rings. The fraction of sp³-hybridized carbons (Fsp3) is 0.115. The number of fused-ring (bicyclic) bond motifs is 12. The van der Waals surface area contributed by atoms with Crippen molar-refractivity contribution in [1.82, 2.24) is 0 Å². The van der Waals surface area contributed by atoms with Crippen molar-refractivity contribution < 1.29 is 0 Å². The quantitative estimate of drug-likeness (QED) is 0.168. The van der Waals surface area contributed by atoms with E-state index in [1.165, 1.54) is 89.0 Å². The van der Waals surface area contributed by atoms with Gasteiger partial charge in [0.2, 0.25) is 0 Å². The highest BCUT2D eigenvalue weighted by molar-refractivity contribution is 5.97. The van der Waals surface area contributed by atoms with Gasteiger partial charge in [0.05, 0.1) is 5.41 Å². The van der Waals surface area contributed by atoms with E-state index in [0.717, 1.165) is 17.1 Å². The maximum absolute atomic E-state index is 2.39. The van der Waals surface area contributed by atoms with E-state index in [1.807, 2.05) is 0 Å². The average molecular weight is 794 g/mol. The van der Waals surface area contributed by atoms with Crippen molar-refractivity contribution >= 4 is 17.1 Å². The first-order valence-electron chi connectivity index (χ1n) is 22.0. The first kappa shape index (κ1) is 36.6. The van der Waals surface area contributed by atoms with E-state index in [4.69, 9.17) is 0 Å². The Bertz CT molecular complexity index is 3170. The molecule has 0 radical (unpaired) electrons. The van der Waals surface area contributed by atoms with Crippen molar-refractivity contribution in [3.8, 4) is 44.5 Å². The maximum atomic E-state index is 2.39. The molecule has 1 heteroatoms. The Morgan fingerprint density at radius 1 is 0.258 bits per heavy atom. The van der Waals surface area contributed by atoms with E-state index in [9.17, 15) is 0 Å². The Kier molecular flexibility index (Phi) is 7.91. The molecule has 1 spiro atoms. The van der Waals surface area contributed by atoms with E-state index in [2.05, 4.69) is 245 Å². The fourth-order valence-corrected chi connectivity index (χ4v) is 11.7. The summed E-state index contributed by atoms with van der Waals surface area (Å²) in [5.74, 6) is 0. The summed E-state index contributed by atoms with van der Waals surface area (Å²) in [5.41, 5.74) is 24.2. The van der Waals surface area contributed by atoms with Crippen LogP contribution in [0.4, 0.5) is 17.1 Å². The second-order valence-electron chi connectivity index (χ2n) is 18.4. The van der Waals surface area contributed by atoms with Crippen LogP contribution in [0, 0.1) is 0 Å². The second-order valence-corrected chi connectivity index (χ2v) is 18.4. The average Bonchev–Trinajstić information content (AvgIpc) is 3.75. The Labute approximate surface area is 365 Å². The number of hydrogen-bond acceptors (Lipinski definition) is 1. The molecule has 0 saturated heterocycles. The van der Waals surface area contributed by atoms with Gasteiger partial charge in [0.15, 0.2) is 0 Å². The predicted molar refractivity (Wildman–Crippen MR) is 259 cm³/mol. The van der Waals surface area contributed by atoms with Gasteiger partial charge in [-0.25, -0.2) is 0 Å². The Balaban J connectivity index is 0.969. The lowest BCUT2D eigenvalue weighted by Gasteiger charge is -2.46. The molecule has 12 rings (SSSR count). The summed E-state index contributed by atoms with van der Waals surface area (Å²) in [6, 6.07) is 79.4. The summed E-state index contributed by atoms with van der Waals surface area (Å²) in [6.07, 6.45) is 0. The third-order valence-corrected chi connectivity index (χ3v) is 14.6. The van der Waals surface area contributed by atoms with Crippen LogP contribution in [0.3, 0.4) is 0 Å². The first-order chi connectivity index (χ1) is 30.3. The Morgan fingerprint density at radius 3 is 1.16 bits per heavy atom. The topological polar surface area (TPSA) is 3.24 Å². The molecule has 0 N–H and O–H groups in total. The molecule has 9 aromatic rings. The second kappa shape index (κ2) is 13.4. The van der Waals surface area contributed by atoms with Crippen LogP contribution < -0.4 is 4.90 Å². The molecule has 0 fully saturated rings. The summed E-state index contributed by atoms with van der Waals surface area (Å²) < 4.78 is 0. The molecule has 0 amide bonds. The number of hydrogen-bond donors (Lipinski definition) is 0. The smallest absolute Gasteiger partial charge is 0.0719 e. The summed E-state index contributed by atoms with van der Waals surface area (Å²) in [4.78, 5) is 2.37. The van der Waals surface area contributed by atoms with Crippen molar-refractivity contribution in [2.24, 2.45) is 0 Å². The molecule has 0 heterocycles. The molecular weight excluding hydrogens is 747 g/mol. The van der Waals surface area contributed by atoms with Gasteiger partial charge < -0.3 is 4.90 Å². The molecule has 0 aromatic heterocycles. The normalized spacial score (nSPS) is 15.2. The van der Waals surface area contributed by atoms with Crippen molar-refractivity contribution in [3.63, 3.8) is 0 Å². The van der Waals surface area contributed by atoms with Gasteiger partial charge in [0, 0.05) is 27.9 Å². The molecule has 1 nitrogen and oxygen atoms in total. The van der Waals surface area contributed by atoms with E-state index in [1.54, 1.807) is 0 Å². The minimum absolute atomic E-state index is 0.0350. The third-order valence-electron chi connectivity index (χ3n) is 14.6. The largest absolute Gasteiger partial charge is 0.311 e. The van der Waals surface area contributed by atoms with Gasteiger partial charge in [0.1, 0.15) is 0 Å². The number of nitrogens with zero attached hydrogens (tertiary/aromatic N) is 1. The van der Waals surface area contributed by atoms with Gasteiger partial charge in [-0.2, -0.15) is 0 Å². The van der Waals surface area contributed by atoms with Gasteiger partial charge in [-0.15, -0.1) is 0 Å². The lowest BCUT2D eigenvalue weighted by Crippen LogP contribution is -2.40. The number of rotatable bonds is 5. The zero-order valence-corrected chi connectivity index (χ0v) is 35.7. The van der Waals surface area contributed by atoms with Gasteiger partial charge in [-0.1, -0.05) is 204 Å². The van der Waals surface area contributed by atoms with Crippen molar-refractivity contribution in [2.75, 3.05) is 4.90 Å². The van der Waals surface area contributed by atoms with Gasteiger partial charge in [-0.3, -0.25) is 0 Å². The highest BCUT2D eigenvalue weighted by atomic mass is 15.1. The van der Waals surface area contributed by atoms with Crippen molar-refractivity contribution in [3.05, 3.63) is 257 Å². The summed E-state index contributed by atoms with van der Waals surface area (Å²) in [7, 11) is 0. The molecular formula is C61H47N. The van der Waals surface area contributed by atoms with Gasteiger partial charge in [-0.05, 0) is 125 Å². The number of anilines is 3. The number of para-hydroxylation sites is 1. The van der Waals surface area contributed by atoms with Crippen LogP contribution in [0.5, 0.6) is 0 Å². The SMILES string of the molecule is CC1(C)c2ccccc2C2(c3ccccc3-c3c(-c4ccc(N(c5ccccc5)c5ccc(-c6cccc7c6-c6ccccc6C7(C)C)cc5)cc4)cccc32)c2ccccc21. The number of benzene rings is 9. The summed E-state index contributed by atoms with van der Waals surface area (Å²) in [6.45, 7) is 9.48. The Morgan fingerprint density at radius 2 is 0.613 bits per heavy atom. The van der Waals surface area contributed by atoms with Gasteiger partial charge >= 0.3 is 0 Å². The van der Waals surface area contributed by atoms with Crippen LogP contribution in [-0.2, 0) is 16.2 Å². The zero-order valence-electron chi connectivity index (χ0n) is 35.7. The maximum Gasteiger partial charge on any atom is 0.0719 e. The van der Waals surface area contributed by atoms with E-state index < -0.39 is 5.41 Å². The van der Waals surface area contributed by atoms with Crippen LogP contribution in [-0.4, -0.2) is 0 Å². The van der Waals surface area contributed by atoms with Crippen LogP contribution >= 0.6 is 0 Å². The summed E-state index contributed by atoms with van der Waals surface area (Å²) in [5, 5.41) is 0. The molecule has 0 saturated carbocycles. The lowest BCUT2D eigenvalue weighted by molar-refractivity contribution is 0.563. The van der Waals surface area contributed by atoms with Crippen LogP contribution in [0.25, 0.3) is 44.5 Å². The minimum Gasteiger partial charge on any atom is -0.311 e. The molecule has 0 atom stereocenters. The van der Waals surface area contributed by atoms with Gasteiger partial charge in [0.25, 0.3) is 0 Å². The molecule has 62 heavy (non-hydrogen) atoms. The fourth-order valence-electron chi connectivity index (χ4n) is 11.7. The predicted octanol–water partition coefficient (Wildman–Crippen LogP) is 15.8. The van der Waals surface area contributed by atoms with Crippen LogP contribution in [0.2, 0.25) is 0 Å². The molecule has 0 bridgehead atoms. The molecule has 9 aromatic carbocycles. The van der Waals surface area contributed by atoms with E-state index in [-0.39, 0.29) is 10.8 Å². The first-order valence-corrected chi connectivity index (χ1v) is 22.0. The van der Waals surface area contributed by atoms with Crippen molar-refractivity contribution in [1.29, 1.82) is 0 Å². The van der Waals surface area contributed by atoms with Crippen molar-refractivity contribution in [2.45, 2.75) is 43.9 Å². The third kappa shape index (κ3) is 4.97. The minimum atomic E-state index is -0.416. The van der Waals surface area contributed by atoms with E-state index >= 15 is 0 Å².